The van der Waals surface area contributed by atoms with Gasteiger partial charge in [0.2, 0.25) is 10.0 Å². The molecule has 0 spiro atoms. The summed E-state index contributed by atoms with van der Waals surface area (Å²) in [6.45, 7) is 3.95. The number of nitrogens with one attached hydrogen (secondary N) is 2. The number of nitrogens with zero attached hydrogens (tertiary/aromatic N) is 3. The van der Waals surface area contributed by atoms with Crippen molar-refractivity contribution in [3.05, 3.63) is 101 Å². The normalized spacial score (nSPS) is 16.9. The molecule has 3 N–H and O–H groups in total. The number of pyridine rings is 1. The average molecular weight is 592 g/mol. The maximum absolute atomic E-state index is 12.1. The highest BCUT2D eigenvalue weighted by molar-refractivity contribution is 7.92. The number of methoxy groups -OCH3 is 1. The minimum absolute atomic E-state index is 0.192. The van der Waals surface area contributed by atoms with Gasteiger partial charge in [-0.05, 0) is 86.2 Å². The van der Waals surface area contributed by atoms with E-state index in [1.807, 2.05) is 53.6 Å². The maximum Gasteiger partial charge on any atom is 0.335 e. The van der Waals surface area contributed by atoms with Gasteiger partial charge in [-0.3, -0.25) is 9.71 Å². The van der Waals surface area contributed by atoms with Crippen LogP contribution in [0, 0.1) is 13.8 Å². The molecule has 4 aromatic rings. The molecule has 12 heteroatoms. The third-order valence-electron chi connectivity index (χ3n) is 6.99. The summed E-state index contributed by atoms with van der Waals surface area (Å²) in [6.07, 6.45) is 2.80. The van der Waals surface area contributed by atoms with E-state index >= 15 is 0 Å². The van der Waals surface area contributed by atoms with Gasteiger partial charge >= 0.3 is 5.97 Å². The molecule has 2 atom stereocenters. The van der Waals surface area contributed by atoms with Gasteiger partial charge in [-0.15, -0.1) is 0 Å². The molecule has 3 heterocycles. The Bertz CT molecular complexity index is 1750. The quantitative estimate of drug-likeness (QED) is 0.249. The first-order valence-electron chi connectivity index (χ1n) is 12.7. The number of sulfonamides is 1. The first-order valence-corrected chi connectivity index (χ1v) is 15.0. The van der Waals surface area contributed by atoms with E-state index in [2.05, 4.69) is 21.1 Å². The highest BCUT2D eigenvalue weighted by atomic mass is 32.2. The number of thiocarbonyl (C=S) groups is 1. The fourth-order valence-electron chi connectivity index (χ4n) is 5.34. The summed E-state index contributed by atoms with van der Waals surface area (Å²) in [5, 5.41) is 13.4. The summed E-state index contributed by atoms with van der Waals surface area (Å²) in [5.74, 6) is -0.633. The molecule has 1 aliphatic heterocycles. The zero-order valence-electron chi connectivity index (χ0n) is 22.8. The molecular formula is C29H29N5O5S2. The van der Waals surface area contributed by atoms with Crippen LogP contribution in [-0.2, 0) is 10.0 Å². The first-order chi connectivity index (χ1) is 19.5. The van der Waals surface area contributed by atoms with Crippen molar-refractivity contribution in [1.82, 2.24) is 14.9 Å². The SMILES string of the molecule is COc1ccc(N2C(=S)NC(c3ccccn3)C2c2cc(C)n(-c3cccc(C(=O)O)c3)c2C)cc1NS(C)(=O)=O. The number of carbonyl (C=O) groups is 1. The van der Waals surface area contributed by atoms with E-state index in [-0.39, 0.29) is 23.3 Å². The molecule has 2 aromatic heterocycles. The van der Waals surface area contributed by atoms with E-state index in [1.54, 1.807) is 36.5 Å². The zero-order valence-corrected chi connectivity index (χ0v) is 24.5. The maximum atomic E-state index is 12.1. The van der Waals surface area contributed by atoms with Gasteiger partial charge in [0.05, 0.1) is 42.4 Å². The second-order valence-electron chi connectivity index (χ2n) is 9.77. The lowest BCUT2D eigenvalue weighted by atomic mass is 9.96. The van der Waals surface area contributed by atoms with Crippen LogP contribution in [0.1, 0.15) is 45.1 Å². The van der Waals surface area contributed by atoms with Crippen molar-refractivity contribution in [3.8, 4) is 11.4 Å². The predicted molar refractivity (Wildman–Crippen MR) is 162 cm³/mol. The fourth-order valence-corrected chi connectivity index (χ4v) is 6.24. The number of carboxylic acids is 1. The highest BCUT2D eigenvalue weighted by Crippen LogP contribution is 2.45. The highest BCUT2D eigenvalue weighted by Gasteiger charge is 2.42. The smallest absolute Gasteiger partial charge is 0.335 e. The Hall–Kier alpha value is -4.42. The molecular weight excluding hydrogens is 562 g/mol. The third kappa shape index (κ3) is 5.48. The van der Waals surface area contributed by atoms with Gasteiger partial charge in [0.15, 0.2) is 5.11 Å². The minimum atomic E-state index is -3.58. The molecule has 0 radical (unpaired) electrons. The Morgan fingerprint density at radius 3 is 2.51 bits per heavy atom. The van der Waals surface area contributed by atoms with Crippen molar-refractivity contribution in [2.24, 2.45) is 0 Å². The summed E-state index contributed by atoms with van der Waals surface area (Å²) < 4.78 is 34.2. The Morgan fingerprint density at radius 2 is 1.85 bits per heavy atom. The van der Waals surface area contributed by atoms with Crippen molar-refractivity contribution in [2.75, 3.05) is 23.0 Å². The van der Waals surface area contributed by atoms with Gasteiger partial charge in [-0.2, -0.15) is 0 Å². The number of benzene rings is 2. The van der Waals surface area contributed by atoms with Gasteiger partial charge in [0, 0.05) is 29.0 Å². The number of aryl methyl sites for hydroxylation is 1. The van der Waals surface area contributed by atoms with Crippen LogP contribution >= 0.6 is 12.2 Å². The van der Waals surface area contributed by atoms with Crippen molar-refractivity contribution in [3.63, 3.8) is 0 Å². The molecule has 1 fully saturated rings. The lowest BCUT2D eigenvalue weighted by molar-refractivity contribution is 0.0697. The van der Waals surface area contributed by atoms with Crippen LogP contribution < -0.4 is 19.7 Å². The van der Waals surface area contributed by atoms with E-state index < -0.39 is 16.0 Å². The monoisotopic (exact) mass is 591 g/mol. The minimum Gasteiger partial charge on any atom is -0.495 e. The van der Waals surface area contributed by atoms with E-state index in [0.29, 0.717) is 16.5 Å². The molecule has 212 valence electrons. The number of rotatable bonds is 8. The summed E-state index contributed by atoms with van der Waals surface area (Å²) >= 11 is 5.86. The molecule has 0 aliphatic carbocycles. The molecule has 10 nitrogen and oxygen atoms in total. The number of aromatic nitrogens is 2. The summed E-state index contributed by atoms with van der Waals surface area (Å²) in [5.41, 5.74) is 5.38. The van der Waals surface area contributed by atoms with Crippen LogP contribution in [0.4, 0.5) is 11.4 Å². The van der Waals surface area contributed by atoms with Crippen LogP contribution in [0.3, 0.4) is 0 Å². The largest absolute Gasteiger partial charge is 0.495 e. The second kappa shape index (κ2) is 10.9. The molecule has 2 unspecified atom stereocenters. The van der Waals surface area contributed by atoms with Gasteiger partial charge in [-0.25, -0.2) is 13.2 Å². The topological polar surface area (TPSA) is 126 Å². The van der Waals surface area contributed by atoms with Gasteiger partial charge in [-0.1, -0.05) is 12.1 Å². The Kier molecular flexibility index (Phi) is 7.45. The Morgan fingerprint density at radius 1 is 1.07 bits per heavy atom. The van der Waals surface area contributed by atoms with Gasteiger partial charge < -0.3 is 24.6 Å². The van der Waals surface area contributed by atoms with Gasteiger partial charge in [0.25, 0.3) is 0 Å². The zero-order chi connectivity index (χ0) is 29.5. The molecule has 5 rings (SSSR count). The fraction of sp³-hybridized carbons (Fsp3) is 0.207. The molecule has 0 amide bonds. The summed E-state index contributed by atoms with van der Waals surface area (Å²) in [6, 6.07) is 19.0. The number of carboxylic acid groups (broad SMARTS) is 1. The molecule has 2 aromatic carbocycles. The first kappa shape index (κ1) is 28.1. The third-order valence-corrected chi connectivity index (χ3v) is 7.90. The number of hydrogen-bond donors (Lipinski definition) is 3. The van der Waals surface area contributed by atoms with Crippen LogP contribution in [0.5, 0.6) is 5.75 Å². The number of anilines is 2. The lowest BCUT2D eigenvalue weighted by Crippen LogP contribution is -2.29. The molecule has 0 saturated carbocycles. The summed E-state index contributed by atoms with van der Waals surface area (Å²) in [4.78, 5) is 18.2. The van der Waals surface area contributed by atoms with Crippen molar-refractivity contribution in [1.29, 1.82) is 0 Å². The lowest BCUT2D eigenvalue weighted by Gasteiger charge is -2.29. The van der Waals surface area contributed by atoms with Crippen LogP contribution in [-0.4, -0.2) is 47.5 Å². The number of ether oxygens (including phenoxy) is 1. The molecule has 41 heavy (non-hydrogen) atoms. The van der Waals surface area contributed by atoms with Crippen LogP contribution in [0.15, 0.2) is 72.9 Å². The van der Waals surface area contributed by atoms with Gasteiger partial charge in [0.1, 0.15) is 5.75 Å². The summed E-state index contributed by atoms with van der Waals surface area (Å²) in [7, 11) is -2.11. The van der Waals surface area contributed by atoms with E-state index in [0.717, 1.165) is 34.6 Å². The Balaban J connectivity index is 1.69. The Labute approximate surface area is 243 Å². The van der Waals surface area contributed by atoms with E-state index in [9.17, 15) is 18.3 Å². The number of aromatic carboxylic acids is 1. The second-order valence-corrected chi connectivity index (χ2v) is 11.9. The molecule has 1 saturated heterocycles. The number of hydrogen-bond acceptors (Lipinski definition) is 6. The van der Waals surface area contributed by atoms with Crippen molar-refractivity contribution in [2.45, 2.75) is 25.9 Å². The van der Waals surface area contributed by atoms with Crippen LogP contribution in [0.2, 0.25) is 0 Å². The van der Waals surface area contributed by atoms with Crippen molar-refractivity contribution >= 4 is 44.7 Å². The molecule has 0 bridgehead atoms. The van der Waals surface area contributed by atoms with Crippen molar-refractivity contribution < 1.29 is 23.1 Å². The average Bonchev–Trinajstić information content (AvgIpc) is 3.43. The standard InChI is InChI=1S/C29H29N5O5S2/c1-17-14-22(18(2)33(17)20-9-7-8-19(15-20)28(35)36)27-26(23-10-5-6-13-30-23)31-29(40)34(27)21-11-12-25(39-3)24(16-21)32-41(4,37)38/h5-16,26-27,32H,1-4H3,(H,31,40)(H,35,36). The van der Waals surface area contributed by atoms with E-state index in [1.165, 1.54) is 7.11 Å². The molecule has 1 aliphatic rings. The van der Waals surface area contributed by atoms with Crippen LogP contribution in [0.25, 0.3) is 5.69 Å². The predicted octanol–water partition coefficient (Wildman–Crippen LogP) is 4.74. The van der Waals surface area contributed by atoms with E-state index in [4.69, 9.17) is 17.0 Å².